The number of aryl methyl sites for hydroxylation is 1. The molecule has 0 aromatic carbocycles. The van der Waals surface area contributed by atoms with Crippen molar-refractivity contribution in [3.05, 3.63) is 23.6 Å². The Morgan fingerprint density at radius 1 is 1.73 bits per heavy atom. The maximum atomic E-state index is 10.5. The molecule has 0 atom stereocenters. The molecular formula is C8H9NO2. The summed E-state index contributed by atoms with van der Waals surface area (Å²) in [5, 5.41) is 3.66. The lowest BCUT2D eigenvalue weighted by Gasteiger charge is -1.77. The molecule has 1 aromatic heterocycles. The molecule has 0 fully saturated rings. The van der Waals surface area contributed by atoms with Gasteiger partial charge in [-0.3, -0.25) is 4.79 Å². The lowest BCUT2D eigenvalue weighted by Crippen LogP contribution is -1.78. The first-order chi connectivity index (χ1) is 5.18. The number of ketones is 1. The van der Waals surface area contributed by atoms with Gasteiger partial charge in [0, 0.05) is 6.07 Å². The lowest BCUT2D eigenvalue weighted by atomic mass is 10.3. The van der Waals surface area contributed by atoms with Gasteiger partial charge in [0.1, 0.15) is 0 Å². The number of hydrogen-bond acceptors (Lipinski definition) is 3. The molecule has 0 aliphatic rings. The zero-order valence-electron chi connectivity index (χ0n) is 6.50. The van der Waals surface area contributed by atoms with Crippen LogP contribution in [0.5, 0.6) is 0 Å². The van der Waals surface area contributed by atoms with Gasteiger partial charge in [-0.1, -0.05) is 5.16 Å². The van der Waals surface area contributed by atoms with E-state index in [1.54, 1.807) is 12.1 Å². The summed E-state index contributed by atoms with van der Waals surface area (Å²) in [4.78, 5) is 10.5. The first-order valence-electron chi connectivity index (χ1n) is 3.30. The number of rotatable bonds is 2. The van der Waals surface area contributed by atoms with Crippen LogP contribution < -0.4 is 0 Å². The predicted octanol–water partition coefficient (Wildman–Crippen LogP) is 1.59. The van der Waals surface area contributed by atoms with Gasteiger partial charge in [0.2, 0.25) is 0 Å². The summed E-state index contributed by atoms with van der Waals surface area (Å²) in [5.41, 5.74) is 0.813. The Balaban J connectivity index is 2.71. The van der Waals surface area contributed by atoms with Gasteiger partial charge in [-0.2, -0.15) is 0 Å². The van der Waals surface area contributed by atoms with E-state index in [0.29, 0.717) is 5.76 Å². The fourth-order valence-corrected chi connectivity index (χ4v) is 0.661. The third kappa shape index (κ3) is 2.37. The lowest BCUT2D eigenvalue weighted by molar-refractivity contribution is -0.112. The number of allylic oxidation sites excluding steroid dienone is 1. The van der Waals surface area contributed by atoms with E-state index in [-0.39, 0.29) is 5.78 Å². The number of nitrogens with zero attached hydrogens (tertiary/aromatic N) is 1. The van der Waals surface area contributed by atoms with Crippen LogP contribution in [0.2, 0.25) is 0 Å². The molecule has 3 heteroatoms. The van der Waals surface area contributed by atoms with Gasteiger partial charge in [-0.05, 0) is 26.0 Å². The Morgan fingerprint density at radius 3 is 2.91 bits per heavy atom. The third-order valence-electron chi connectivity index (χ3n) is 1.13. The Bertz CT molecular complexity index is 286. The van der Waals surface area contributed by atoms with Crippen molar-refractivity contribution in [3.63, 3.8) is 0 Å². The van der Waals surface area contributed by atoms with Crippen LogP contribution in [0.15, 0.2) is 16.7 Å². The van der Waals surface area contributed by atoms with E-state index >= 15 is 0 Å². The average molecular weight is 151 g/mol. The van der Waals surface area contributed by atoms with Crippen LogP contribution in [-0.4, -0.2) is 10.9 Å². The summed E-state index contributed by atoms with van der Waals surface area (Å²) in [6.07, 6.45) is 3.04. The fraction of sp³-hybridized carbons (Fsp3) is 0.250. The van der Waals surface area contributed by atoms with E-state index in [4.69, 9.17) is 4.52 Å². The second kappa shape index (κ2) is 3.14. The monoisotopic (exact) mass is 151 g/mol. The molecule has 0 spiro atoms. The van der Waals surface area contributed by atoms with Crippen molar-refractivity contribution in [2.24, 2.45) is 0 Å². The summed E-state index contributed by atoms with van der Waals surface area (Å²) < 4.78 is 4.83. The molecule has 0 amide bonds. The van der Waals surface area contributed by atoms with E-state index < -0.39 is 0 Å². The molecule has 0 aliphatic heterocycles. The predicted molar refractivity (Wildman–Crippen MR) is 41.0 cm³/mol. The molecule has 0 unspecified atom stereocenters. The first kappa shape index (κ1) is 7.72. The maximum absolute atomic E-state index is 10.5. The molecule has 0 bridgehead atoms. The molecule has 0 aliphatic carbocycles. The van der Waals surface area contributed by atoms with E-state index in [9.17, 15) is 4.79 Å². The second-order valence-corrected chi connectivity index (χ2v) is 2.31. The Hall–Kier alpha value is -1.38. The summed E-state index contributed by atoms with van der Waals surface area (Å²) in [7, 11) is 0. The number of carbonyl (C=O) groups is 1. The summed E-state index contributed by atoms with van der Waals surface area (Å²) in [6.45, 7) is 3.31. The van der Waals surface area contributed by atoms with Crippen LogP contribution >= 0.6 is 0 Å². The highest BCUT2D eigenvalue weighted by Gasteiger charge is 1.94. The normalized spacial score (nSPS) is 10.7. The highest BCUT2D eigenvalue weighted by atomic mass is 16.5. The van der Waals surface area contributed by atoms with Gasteiger partial charge in [0.25, 0.3) is 0 Å². The van der Waals surface area contributed by atoms with E-state index in [1.807, 2.05) is 6.92 Å². The minimum atomic E-state index is -0.000877. The van der Waals surface area contributed by atoms with E-state index in [1.165, 1.54) is 13.0 Å². The van der Waals surface area contributed by atoms with Crippen molar-refractivity contribution in [2.45, 2.75) is 13.8 Å². The van der Waals surface area contributed by atoms with Crippen LogP contribution in [-0.2, 0) is 4.79 Å². The largest absolute Gasteiger partial charge is 0.357 e. The van der Waals surface area contributed by atoms with Crippen LogP contribution in [0.4, 0.5) is 0 Å². The number of hydrogen-bond donors (Lipinski definition) is 0. The van der Waals surface area contributed by atoms with Gasteiger partial charge in [0.15, 0.2) is 11.5 Å². The first-order valence-corrected chi connectivity index (χ1v) is 3.30. The molecule has 0 radical (unpaired) electrons. The maximum Gasteiger partial charge on any atom is 0.160 e. The zero-order valence-corrected chi connectivity index (χ0v) is 6.50. The molecule has 3 nitrogen and oxygen atoms in total. The van der Waals surface area contributed by atoms with Gasteiger partial charge in [0.05, 0.1) is 5.69 Å². The molecule has 0 saturated heterocycles. The van der Waals surface area contributed by atoms with E-state index in [2.05, 4.69) is 5.16 Å². The Morgan fingerprint density at radius 2 is 2.45 bits per heavy atom. The van der Waals surface area contributed by atoms with E-state index in [0.717, 1.165) is 5.69 Å². The van der Waals surface area contributed by atoms with Crippen LogP contribution in [0.3, 0.4) is 0 Å². The molecular weight excluding hydrogens is 142 g/mol. The number of carbonyl (C=O) groups excluding carboxylic acids is 1. The summed E-state index contributed by atoms with van der Waals surface area (Å²) in [6, 6.07) is 1.76. The zero-order chi connectivity index (χ0) is 8.27. The van der Waals surface area contributed by atoms with Crippen molar-refractivity contribution in [1.82, 2.24) is 5.16 Å². The number of aromatic nitrogens is 1. The Labute approximate surface area is 64.7 Å². The van der Waals surface area contributed by atoms with Crippen molar-refractivity contribution in [2.75, 3.05) is 0 Å². The van der Waals surface area contributed by atoms with Crippen molar-refractivity contribution in [1.29, 1.82) is 0 Å². The van der Waals surface area contributed by atoms with Crippen molar-refractivity contribution < 1.29 is 9.32 Å². The molecule has 1 rings (SSSR count). The van der Waals surface area contributed by atoms with Gasteiger partial charge in [-0.25, -0.2) is 0 Å². The van der Waals surface area contributed by atoms with Crippen LogP contribution in [0.25, 0.3) is 6.08 Å². The molecule has 0 saturated carbocycles. The van der Waals surface area contributed by atoms with Gasteiger partial charge < -0.3 is 4.52 Å². The van der Waals surface area contributed by atoms with Crippen molar-refractivity contribution >= 4 is 11.9 Å². The van der Waals surface area contributed by atoms with Crippen LogP contribution in [0, 0.1) is 6.92 Å². The van der Waals surface area contributed by atoms with Gasteiger partial charge in [-0.15, -0.1) is 0 Å². The average Bonchev–Trinajstić information content (AvgIpc) is 2.31. The molecule has 1 heterocycles. The van der Waals surface area contributed by atoms with Gasteiger partial charge >= 0.3 is 0 Å². The summed E-state index contributed by atoms with van der Waals surface area (Å²) >= 11 is 0. The molecule has 1 aromatic rings. The quantitative estimate of drug-likeness (QED) is 0.603. The summed E-state index contributed by atoms with van der Waals surface area (Å²) in [5.74, 6) is 0.608. The third-order valence-corrected chi connectivity index (χ3v) is 1.13. The molecule has 11 heavy (non-hydrogen) atoms. The highest BCUT2D eigenvalue weighted by Crippen LogP contribution is 2.03. The topological polar surface area (TPSA) is 43.1 Å². The minimum Gasteiger partial charge on any atom is -0.357 e. The fourth-order valence-electron chi connectivity index (χ4n) is 0.661. The smallest absolute Gasteiger partial charge is 0.160 e. The second-order valence-electron chi connectivity index (χ2n) is 2.31. The Kier molecular flexibility index (Phi) is 2.21. The molecule has 58 valence electrons. The minimum absolute atomic E-state index is 0.000877. The SMILES string of the molecule is CC(=O)/C=C\c1cc(C)no1. The molecule has 0 N–H and O–H groups in total. The van der Waals surface area contributed by atoms with Crippen LogP contribution in [0.1, 0.15) is 18.4 Å². The highest BCUT2D eigenvalue weighted by molar-refractivity contribution is 5.91. The standard InChI is InChI=1S/C8H9NO2/c1-6-5-8(11-9-6)4-3-7(2)10/h3-5H,1-2H3/b4-3-. The van der Waals surface area contributed by atoms with Crippen molar-refractivity contribution in [3.8, 4) is 0 Å².